The standard InChI is InChI=1S/C17H15ClN2O3/c18-13-6-2-1-4-11(13)5-3-7-16(21)19-12-8-9-14-15(10-12)23-17(22)20-14/h1-2,4,6,8-10H,3,5,7H2,(H,19,21)(H,20,22). The Balaban J connectivity index is 1.56. The predicted molar refractivity (Wildman–Crippen MR) is 89.9 cm³/mol. The molecule has 0 aliphatic carbocycles. The molecule has 3 aromatic rings. The van der Waals surface area contributed by atoms with E-state index in [1.807, 2.05) is 24.3 Å². The van der Waals surface area contributed by atoms with Gasteiger partial charge in [-0.15, -0.1) is 0 Å². The van der Waals surface area contributed by atoms with Crippen LogP contribution in [-0.4, -0.2) is 10.9 Å². The van der Waals surface area contributed by atoms with Gasteiger partial charge in [-0.2, -0.15) is 0 Å². The van der Waals surface area contributed by atoms with Crippen LogP contribution in [0.1, 0.15) is 18.4 Å². The molecule has 5 nitrogen and oxygen atoms in total. The van der Waals surface area contributed by atoms with Crippen molar-refractivity contribution in [2.75, 3.05) is 5.32 Å². The smallest absolute Gasteiger partial charge is 0.408 e. The van der Waals surface area contributed by atoms with Gasteiger partial charge in [0.05, 0.1) is 5.52 Å². The van der Waals surface area contributed by atoms with Crippen LogP contribution in [0.5, 0.6) is 0 Å². The van der Waals surface area contributed by atoms with Gasteiger partial charge in [-0.25, -0.2) is 4.79 Å². The zero-order valence-corrected chi connectivity index (χ0v) is 13.0. The molecule has 2 N–H and O–H groups in total. The van der Waals surface area contributed by atoms with Crippen LogP contribution >= 0.6 is 11.6 Å². The van der Waals surface area contributed by atoms with Crippen LogP contribution in [-0.2, 0) is 11.2 Å². The molecule has 0 radical (unpaired) electrons. The number of carbonyl (C=O) groups is 1. The summed E-state index contributed by atoms with van der Waals surface area (Å²) in [6.45, 7) is 0. The number of aromatic nitrogens is 1. The highest BCUT2D eigenvalue weighted by Crippen LogP contribution is 2.18. The van der Waals surface area contributed by atoms with Crippen LogP contribution < -0.4 is 11.1 Å². The average molecular weight is 331 g/mol. The van der Waals surface area contributed by atoms with E-state index in [4.69, 9.17) is 16.0 Å². The third-order valence-electron chi connectivity index (χ3n) is 3.51. The second-order valence-electron chi connectivity index (χ2n) is 5.22. The molecule has 0 saturated heterocycles. The minimum absolute atomic E-state index is 0.0886. The van der Waals surface area contributed by atoms with E-state index in [1.54, 1.807) is 18.2 Å². The van der Waals surface area contributed by atoms with Crippen molar-refractivity contribution in [2.24, 2.45) is 0 Å². The number of halogens is 1. The Hall–Kier alpha value is -2.53. The number of fused-ring (bicyclic) bond motifs is 1. The van der Waals surface area contributed by atoms with Crippen LogP contribution in [0, 0.1) is 0 Å². The summed E-state index contributed by atoms with van der Waals surface area (Å²) in [7, 11) is 0. The molecule has 2 aromatic carbocycles. The summed E-state index contributed by atoms with van der Waals surface area (Å²) < 4.78 is 4.97. The number of nitrogens with one attached hydrogen (secondary N) is 2. The van der Waals surface area contributed by atoms with Gasteiger partial charge >= 0.3 is 5.76 Å². The van der Waals surface area contributed by atoms with Crippen molar-refractivity contribution >= 4 is 34.3 Å². The van der Waals surface area contributed by atoms with E-state index in [0.29, 0.717) is 29.6 Å². The molecular weight excluding hydrogens is 316 g/mol. The summed E-state index contributed by atoms with van der Waals surface area (Å²) in [5, 5.41) is 3.52. The Morgan fingerprint density at radius 3 is 2.87 bits per heavy atom. The monoisotopic (exact) mass is 330 g/mol. The van der Waals surface area contributed by atoms with Gasteiger partial charge in [0.15, 0.2) is 5.58 Å². The largest absolute Gasteiger partial charge is 0.417 e. The highest BCUT2D eigenvalue weighted by atomic mass is 35.5. The Morgan fingerprint density at radius 2 is 2.04 bits per heavy atom. The van der Waals surface area contributed by atoms with E-state index in [9.17, 15) is 9.59 Å². The Kier molecular flexibility index (Phi) is 4.48. The number of carbonyl (C=O) groups excluding carboxylic acids is 1. The maximum atomic E-state index is 12.0. The van der Waals surface area contributed by atoms with Crippen molar-refractivity contribution in [1.29, 1.82) is 0 Å². The molecule has 0 fully saturated rings. The summed E-state index contributed by atoms with van der Waals surface area (Å²) in [6, 6.07) is 12.7. The van der Waals surface area contributed by atoms with E-state index in [2.05, 4.69) is 10.3 Å². The maximum Gasteiger partial charge on any atom is 0.417 e. The number of benzene rings is 2. The minimum atomic E-state index is -0.511. The van der Waals surface area contributed by atoms with Crippen molar-refractivity contribution < 1.29 is 9.21 Å². The fourth-order valence-corrected chi connectivity index (χ4v) is 2.62. The van der Waals surface area contributed by atoms with E-state index < -0.39 is 5.76 Å². The van der Waals surface area contributed by atoms with Gasteiger partial charge in [-0.3, -0.25) is 9.78 Å². The third-order valence-corrected chi connectivity index (χ3v) is 3.88. The van der Waals surface area contributed by atoms with Crippen molar-refractivity contribution in [1.82, 2.24) is 4.98 Å². The molecular formula is C17H15ClN2O3. The van der Waals surface area contributed by atoms with Crippen LogP contribution in [0.25, 0.3) is 11.1 Å². The molecule has 0 bridgehead atoms. The van der Waals surface area contributed by atoms with Crippen LogP contribution in [0.4, 0.5) is 5.69 Å². The number of anilines is 1. The quantitative estimate of drug-likeness (QED) is 0.748. The summed E-state index contributed by atoms with van der Waals surface area (Å²) in [4.78, 5) is 25.6. The molecule has 3 rings (SSSR count). The molecule has 0 aliphatic heterocycles. The lowest BCUT2D eigenvalue weighted by Gasteiger charge is -2.06. The number of H-pyrrole nitrogens is 1. The zero-order chi connectivity index (χ0) is 16.2. The fourth-order valence-electron chi connectivity index (χ4n) is 2.39. The molecule has 118 valence electrons. The first-order chi connectivity index (χ1) is 11.1. The predicted octanol–water partition coefficient (Wildman–Crippen LogP) is 3.74. The third kappa shape index (κ3) is 3.81. The molecule has 6 heteroatoms. The lowest BCUT2D eigenvalue weighted by molar-refractivity contribution is -0.116. The summed E-state index contributed by atoms with van der Waals surface area (Å²) in [5.41, 5.74) is 2.66. The van der Waals surface area contributed by atoms with Crippen LogP contribution in [0.15, 0.2) is 51.7 Å². The minimum Gasteiger partial charge on any atom is -0.408 e. The lowest BCUT2D eigenvalue weighted by atomic mass is 10.1. The van der Waals surface area contributed by atoms with Gasteiger partial charge in [-0.05, 0) is 36.6 Å². The van der Waals surface area contributed by atoms with E-state index in [0.717, 1.165) is 17.0 Å². The van der Waals surface area contributed by atoms with Crippen LogP contribution in [0.2, 0.25) is 5.02 Å². The normalized spacial score (nSPS) is 10.8. The number of aryl methyl sites for hydroxylation is 1. The Morgan fingerprint density at radius 1 is 1.22 bits per heavy atom. The first kappa shape index (κ1) is 15.4. The van der Waals surface area contributed by atoms with Crippen molar-refractivity contribution in [3.63, 3.8) is 0 Å². The van der Waals surface area contributed by atoms with Crippen molar-refractivity contribution in [3.05, 3.63) is 63.6 Å². The van der Waals surface area contributed by atoms with Gasteiger partial charge < -0.3 is 9.73 Å². The van der Waals surface area contributed by atoms with Crippen LogP contribution in [0.3, 0.4) is 0 Å². The molecule has 1 aromatic heterocycles. The number of hydrogen-bond donors (Lipinski definition) is 2. The molecule has 0 aliphatic rings. The Labute approximate surface area is 137 Å². The highest BCUT2D eigenvalue weighted by Gasteiger charge is 2.07. The SMILES string of the molecule is O=C(CCCc1ccccc1Cl)Nc1ccc2[nH]c(=O)oc2c1. The number of rotatable bonds is 5. The molecule has 0 spiro atoms. The van der Waals surface area contributed by atoms with Gasteiger partial charge in [0, 0.05) is 23.2 Å². The summed E-state index contributed by atoms with van der Waals surface area (Å²) in [5.74, 6) is -0.600. The lowest BCUT2D eigenvalue weighted by Crippen LogP contribution is -2.11. The molecule has 23 heavy (non-hydrogen) atoms. The second kappa shape index (κ2) is 6.71. The number of amides is 1. The van der Waals surface area contributed by atoms with Crippen molar-refractivity contribution in [2.45, 2.75) is 19.3 Å². The summed E-state index contributed by atoms with van der Waals surface area (Å²) >= 11 is 6.09. The number of aromatic amines is 1. The van der Waals surface area contributed by atoms with Gasteiger partial charge in [0.2, 0.25) is 5.91 Å². The van der Waals surface area contributed by atoms with Gasteiger partial charge in [0.25, 0.3) is 0 Å². The highest BCUT2D eigenvalue weighted by molar-refractivity contribution is 6.31. The van der Waals surface area contributed by atoms with Gasteiger partial charge in [-0.1, -0.05) is 29.8 Å². The number of oxazole rings is 1. The van der Waals surface area contributed by atoms with Crippen molar-refractivity contribution in [3.8, 4) is 0 Å². The molecule has 1 heterocycles. The molecule has 1 amide bonds. The molecule has 0 saturated carbocycles. The van der Waals surface area contributed by atoms with E-state index >= 15 is 0 Å². The number of hydrogen-bond acceptors (Lipinski definition) is 3. The second-order valence-corrected chi connectivity index (χ2v) is 5.63. The van der Waals surface area contributed by atoms with E-state index in [1.165, 1.54) is 0 Å². The van der Waals surface area contributed by atoms with Gasteiger partial charge in [0.1, 0.15) is 0 Å². The first-order valence-electron chi connectivity index (χ1n) is 7.28. The fraction of sp³-hybridized carbons (Fsp3) is 0.176. The average Bonchev–Trinajstić information content (AvgIpc) is 2.88. The zero-order valence-electron chi connectivity index (χ0n) is 12.3. The first-order valence-corrected chi connectivity index (χ1v) is 7.66. The topological polar surface area (TPSA) is 75.1 Å². The molecule has 0 atom stereocenters. The van der Waals surface area contributed by atoms with E-state index in [-0.39, 0.29) is 5.91 Å². The molecule has 0 unspecified atom stereocenters. The maximum absolute atomic E-state index is 12.0. The summed E-state index contributed by atoms with van der Waals surface area (Å²) in [6.07, 6.45) is 1.84. The Bertz CT molecular complexity index is 898.